The number of hydrogen-bond donors (Lipinski definition) is 1. The monoisotopic (exact) mass is 217 g/mol. The first-order chi connectivity index (χ1) is 7.06. The van der Waals surface area contributed by atoms with Gasteiger partial charge in [-0.3, -0.25) is 0 Å². The standard InChI is InChI=1S/C10H13F2NO2/c1-14-7-4-3-5-8(15-2)9(7)10(11,12)6-13/h3-5H,6,13H2,1-2H3. The van der Waals surface area contributed by atoms with Crippen molar-refractivity contribution >= 4 is 0 Å². The number of ether oxygens (including phenoxy) is 2. The first-order valence-electron chi connectivity index (χ1n) is 4.36. The first kappa shape index (κ1) is 11.7. The molecule has 0 spiro atoms. The molecule has 1 aromatic carbocycles. The topological polar surface area (TPSA) is 44.5 Å². The summed E-state index contributed by atoms with van der Waals surface area (Å²) >= 11 is 0. The van der Waals surface area contributed by atoms with Crippen LogP contribution in [0.5, 0.6) is 11.5 Å². The number of halogens is 2. The van der Waals surface area contributed by atoms with Crippen LogP contribution in [0.2, 0.25) is 0 Å². The summed E-state index contributed by atoms with van der Waals surface area (Å²) in [6.45, 7) is -0.788. The van der Waals surface area contributed by atoms with Gasteiger partial charge in [0.05, 0.1) is 20.8 Å². The van der Waals surface area contributed by atoms with Crippen LogP contribution in [0, 0.1) is 0 Å². The van der Waals surface area contributed by atoms with Crippen molar-refractivity contribution in [2.45, 2.75) is 5.92 Å². The minimum absolute atomic E-state index is 0.0739. The summed E-state index contributed by atoms with van der Waals surface area (Å²) in [5, 5.41) is 0. The Hall–Kier alpha value is -1.36. The normalized spacial score (nSPS) is 11.3. The summed E-state index contributed by atoms with van der Waals surface area (Å²) in [6.07, 6.45) is 0. The predicted molar refractivity (Wildman–Crippen MR) is 52.5 cm³/mol. The highest BCUT2D eigenvalue weighted by Gasteiger charge is 2.36. The molecule has 0 aliphatic rings. The van der Waals surface area contributed by atoms with Gasteiger partial charge in [0, 0.05) is 0 Å². The number of nitrogens with two attached hydrogens (primary N) is 1. The Morgan fingerprint density at radius 2 is 1.67 bits per heavy atom. The third kappa shape index (κ3) is 2.18. The number of methoxy groups -OCH3 is 2. The quantitative estimate of drug-likeness (QED) is 0.835. The van der Waals surface area contributed by atoms with Gasteiger partial charge in [-0.15, -0.1) is 0 Å². The van der Waals surface area contributed by atoms with Crippen LogP contribution < -0.4 is 15.2 Å². The summed E-state index contributed by atoms with van der Waals surface area (Å²) in [5.74, 6) is -3.01. The van der Waals surface area contributed by atoms with Gasteiger partial charge in [0.2, 0.25) is 0 Å². The summed E-state index contributed by atoms with van der Waals surface area (Å²) in [7, 11) is 2.65. The van der Waals surface area contributed by atoms with Crippen LogP contribution in [0.3, 0.4) is 0 Å². The van der Waals surface area contributed by atoms with Gasteiger partial charge in [-0.05, 0) is 12.1 Å². The molecular formula is C10H13F2NO2. The second-order valence-corrected chi connectivity index (χ2v) is 2.95. The zero-order chi connectivity index (χ0) is 11.5. The molecule has 0 amide bonds. The lowest BCUT2D eigenvalue weighted by atomic mass is 10.1. The minimum Gasteiger partial charge on any atom is -0.496 e. The Kier molecular flexibility index (Phi) is 3.47. The van der Waals surface area contributed by atoms with Crippen molar-refractivity contribution in [2.24, 2.45) is 5.73 Å². The van der Waals surface area contributed by atoms with Crippen LogP contribution in [0.25, 0.3) is 0 Å². The molecule has 0 aliphatic carbocycles. The van der Waals surface area contributed by atoms with Crippen LogP contribution in [0.4, 0.5) is 8.78 Å². The van der Waals surface area contributed by atoms with Gasteiger partial charge in [0.15, 0.2) is 0 Å². The second kappa shape index (κ2) is 4.44. The van der Waals surface area contributed by atoms with Crippen LogP contribution in [0.1, 0.15) is 5.56 Å². The van der Waals surface area contributed by atoms with E-state index in [2.05, 4.69) is 0 Å². The largest absolute Gasteiger partial charge is 0.496 e. The number of hydrogen-bond acceptors (Lipinski definition) is 3. The average Bonchev–Trinajstić information content (AvgIpc) is 2.27. The molecule has 1 rings (SSSR count). The van der Waals surface area contributed by atoms with Crippen molar-refractivity contribution in [2.75, 3.05) is 20.8 Å². The molecule has 0 bridgehead atoms. The van der Waals surface area contributed by atoms with E-state index in [9.17, 15) is 8.78 Å². The predicted octanol–water partition coefficient (Wildman–Crippen LogP) is 1.75. The molecule has 84 valence electrons. The highest BCUT2D eigenvalue weighted by molar-refractivity contribution is 5.47. The Morgan fingerprint density at radius 1 is 1.20 bits per heavy atom. The molecule has 0 radical (unpaired) electrons. The second-order valence-electron chi connectivity index (χ2n) is 2.95. The zero-order valence-corrected chi connectivity index (χ0v) is 8.59. The fourth-order valence-corrected chi connectivity index (χ4v) is 1.31. The lowest BCUT2D eigenvalue weighted by molar-refractivity contribution is 0.00139. The fraction of sp³-hybridized carbons (Fsp3) is 0.400. The molecule has 0 aromatic heterocycles. The Balaban J connectivity index is 3.34. The Bertz CT molecular complexity index is 320. The SMILES string of the molecule is COc1cccc(OC)c1C(F)(F)CN. The van der Waals surface area contributed by atoms with Crippen molar-refractivity contribution in [1.82, 2.24) is 0 Å². The molecule has 0 heterocycles. The molecule has 1 aromatic rings. The molecule has 3 nitrogen and oxygen atoms in total. The summed E-state index contributed by atoms with van der Waals surface area (Å²) in [5.41, 5.74) is 4.72. The van der Waals surface area contributed by atoms with Crippen LogP contribution in [-0.4, -0.2) is 20.8 Å². The highest BCUT2D eigenvalue weighted by atomic mass is 19.3. The number of rotatable bonds is 4. The summed E-state index contributed by atoms with van der Waals surface area (Å²) < 4.78 is 36.7. The van der Waals surface area contributed by atoms with Gasteiger partial charge in [0.1, 0.15) is 17.1 Å². The average molecular weight is 217 g/mol. The first-order valence-corrected chi connectivity index (χ1v) is 4.36. The van der Waals surface area contributed by atoms with Gasteiger partial charge in [-0.2, -0.15) is 8.78 Å². The number of benzene rings is 1. The maximum atomic E-state index is 13.5. The van der Waals surface area contributed by atoms with Gasteiger partial charge in [-0.1, -0.05) is 6.07 Å². The van der Waals surface area contributed by atoms with Gasteiger partial charge < -0.3 is 15.2 Å². The molecule has 0 saturated heterocycles. The van der Waals surface area contributed by atoms with Crippen LogP contribution in [0.15, 0.2) is 18.2 Å². The molecule has 0 unspecified atom stereocenters. The Labute approximate surface area is 86.8 Å². The smallest absolute Gasteiger partial charge is 0.292 e. The molecular weight excluding hydrogens is 204 g/mol. The van der Waals surface area contributed by atoms with E-state index in [-0.39, 0.29) is 17.1 Å². The Morgan fingerprint density at radius 3 is 2.00 bits per heavy atom. The lowest BCUT2D eigenvalue weighted by Gasteiger charge is -2.20. The van der Waals surface area contributed by atoms with Crippen molar-refractivity contribution in [3.8, 4) is 11.5 Å². The van der Waals surface area contributed by atoms with E-state index in [0.29, 0.717) is 0 Å². The van der Waals surface area contributed by atoms with Gasteiger partial charge in [0.25, 0.3) is 5.92 Å². The van der Waals surface area contributed by atoms with E-state index in [1.54, 1.807) is 6.07 Å². The van der Waals surface area contributed by atoms with E-state index in [4.69, 9.17) is 15.2 Å². The van der Waals surface area contributed by atoms with E-state index in [1.165, 1.54) is 26.4 Å². The maximum Gasteiger partial charge on any atom is 0.292 e. The maximum absolute atomic E-state index is 13.5. The van der Waals surface area contributed by atoms with E-state index in [1.807, 2.05) is 0 Å². The molecule has 0 aliphatic heterocycles. The number of alkyl halides is 2. The molecule has 5 heteroatoms. The van der Waals surface area contributed by atoms with Crippen molar-refractivity contribution in [3.63, 3.8) is 0 Å². The lowest BCUT2D eigenvalue weighted by Crippen LogP contribution is -2.26. The van der Waals surface area contributed by atoms with Crippen molar-refractivity contribution in [1.29, 1.82) is 0 Å². The van der Waals surface area contributed by atoms with Crippen molar-refractivity contribution in [3.05, 3.63) is 23.8 Å². The van der Waals surface area contributed by atoms with Crippen molar-refractivity contribution < 1.29 is 18.3 Å². The van der Waals surface area contributed by atoms with Gasteiger partial charge in [-0.25, -0.2) is 0 Å². The molecule has 0 atom stereocenters. The third-order valence-corrected chi connectivity index (χ3v) is 2.05. The third-order valence-electron chi connectivity index (χ3n) is 2.05. The fourth-order valence-electron chi connectivity index (χ4n) is 1.31. The molecule has 2 N–H and O–H groups in total. The molecule has 0 saturated carbocycles. The van der Waals surface area contributed by atoms with E-state index < -0.39 is 12.5 Å². The molecule has 0 fully saturated rings. The summed E-state index contributed by atoms with van der Waals surface area (Å²) in [6, 6.07) is 4.47. The van der Waals surface area contributed by atoms with E-state index >= 15 is 0 Å². The van der Waals surface area contributed by atoms with E-state index in [0.717, 1.165) is 0 Å². The highest BCUT2D eigenvalue weighted by Crippen LogP contribution is 2.40. The molecule has 15 heavy (non-hydrogen) atoms. The summed E-state index contributed by atoms with van der Waals surface area (Å²) in [4.78, 5) is 0. The van der Waals surface area contributed by atoms with Crippen LogP contribution in [-0.2, 0) is 5.92 Å². The zero-order valence-electron chi connectivity index (χ0n) is 8.59. The minimum atomic E-state index is -3.15. The van der Waals surface area contributed by atoms with Crippen LogP contribution >= 0.6 is 0 Å². The van der Waals surface area contributed by atoms with Gasteiger partial charge >= 0.3 is 0 Å².